The van der Waals surface area contributed by atoms with Crippen LogP contribution in [0.5, 0.6) is 11.8 Å². The van der Waals surface area contributed by atoms with Gasteiger partial charge < -0.3 is 24.5 Å². The fraction of sp³-hybridized carbons (Fsp3) is 0.324. The molecule has 10 nitrogen and oxygen atoms in total. The number of hydrogen-bond acceptors (Lipinski definition) is 9. The lowest BCUT2D eigenvalue weighted by atomic mass is 10.0. The third kappa shape index (κ3) is 6.55. The molecule has 0 bridgehead atoms. The normalized spacial score (nSPS) is 18.8. The number of benzene rings is 2. The summed E-state index contributed by atoms with van der Waals surface area (Å²) in [5, 5.41) is 20.3. The van der Waals surface area contributed by atoms with Crippen molar-refractivity contribution in [3.8, 4) is 29.0 Å². The number of anilines is 1. The topological polar surface area (TPSA) is 119 Å². The Morgan fingerprint density at radius 3 is 2.68 bits per heavy atom. The molecule has 2 aliphatic heterocycles. The minimum absolute atomic E-state index is 0.0485. The first-order chi connectivity index (χ1) is 22.7. The number of rotatable bonds is 8. The molecule has 6 rings (SSSR count). The highest BCUT2D eigenvalue weighted by atomic mass is 19.1. The lowest BCUT2D eigenvalue weighted by molar-refractivity contribution is -0.131. The largest absolute Gasteiger partial charge is 0.507 e. The summed E-state index contributed by atoms with van der Waals surface area (Å²) in [5.74, 6) is -3.70. The van der Waals surface area contributed by atoms with Crippen LogP contribution in [0.4, 0.5) is 19.0 Å². The van der Waals surface area contributed by atoms with E-state index in [1.165, 1.54) is 35.4 Å². The van der Waals surface area contributed by atoms with E-state index in [2.05, 4.69) is 25.9 Å². The maximum absolute atomic E-state index is 16.3. The van der Waals surface area contributed by atoms with E-state index in [0.717, 1.165) is 31.5 Å². The minimum Gasteiger partial charge on any atom is -0.507 e. The molecule has 1 amide bonds. The van der Waals surface area contributed by atoms with Crippen LogP contribution in [-0.4, -0.2) is 87.7 Å². The average Bonchev–Trinajstić information content (AvgIpc) is 3.49. The fourth-order valence-electron chi connectivity index (χ4n) is 6.15. The summed E-state index contributed by atoms with van der Waals surface area (Å²) in [6, 6.07) is 12.9. The summed E-state index contributed by atoms with van der Waals surface area (Å²) in [5.41, 5.74) is -0.358. The maximum Gasteiger partial charge on any atom is 0.319 e. The molecule has 4 aromatic rings. The van der Waals surface area contributed by atoms with Crippen LogP contribution in [0, 0.1) is 23.0 Å². The van der Waals surface area contributed by atoms with E-state index >= 15 is 8.78 Å². The summed E-state index contributed by atoms with van der Waals surface area (Å²) in [4.78, 5) is 31.5. The second-order valence-corrected chi connectivity index (χ2v) is 11.6. The molecule has 2 fully saturated rings. The Morgan fingerprint density at radius 2 is 1.96 bits per heavy atom. The van der Waals surface area contributed by atoms with E-state index in [-0.39, 0.29) is 78.3 Å². The molecule has 4 heterocycles. The van der Waals surface area contributed by atoms with Crippen molar-refractivity contribution in [2.45, 2.75) is 31.3 Å². The number of nitrogens with zero attached hydrogens (tertiary/aromatic N) is 7. The van der Waals surface area contributed by atoms with Gasteiger partial charge in [0.1, 0.15) is 29.5 Å². The van der Waals surface area contributed by atoms with Crippen LogP contribution >= 0.6 is 0 Å². The monoisotopic (exact) mass is 643 g/mol. The summed E-state index contributed by atoms with van der Waals surface area (Å²) >= 11 is 0. The Kier molecular flexibility index (Phi) is 9.22. The van der Waals surface area contributed by atoms with E-state index in [1.807, 2.05) is 7.05 Å². The Hall–Kier alpha value is -5.22. The van der Waals surface area contributed by atoms with Gasteiger partial charge in [-0.3, -0.25) is 9.78 Å². The number of amides is 1. The molecular weight excluding hydrogens is 611 g/mol. The van der Waals surface area contributed by atoms with Crippen molar-refractivity contribution >= 4 is 28.7 Å². The molecule has 242 valence electrons. The number of piperazine rings is 1. The SMILES string of the molecule is CN1CCC[C@H]1COc1nc(N2CCN(C(=O)/C(F)=C/c3ccccn3)[C@@H](CC#N)C2)c2ccc(-c3c(O)cccc3F)c(F)c2n1. The summed E-state index contributed by atoms with van der Waals surface area (Å²) in [7, 11) is 1.99. The Balaban J connectivity index is 1.36. The standard InChI is InChI=1S/C34H32F3N7O3/c1-42-15-5-7-23(42)20-47-34-40-31-25(11-10-24(30(31)37)29-26(35)8-4-9-28(29)45)32(41-34)43-16-17-44(22(19-43)12-13-38)33(46)27(36)18-21-6-2-3-14-39-21/h2-4,6,8-11,14,18,22-23,45H,5,7,12,15-17,19-20H2,1H3/b27-18-/t22-,23-/m0/s1. The van der Waals surface area contributed by atoms with Crippen molar-refractivity contribution in [3.63, 3.8) is 0 Å². The highest BCUT2D eigenvalue weighted by Gasteiger charge is 2.34. The third-order valence-corrected chi connectivity index (χ3v) is 8.64. The van der Waals surface area contributed by atoms with Gasteiger partial charge in [-0.15, -0.1) is 0 Å². The molecule has 0 spiro atoms. The minimum atomic E-state index is -1.01. The number of carbonyl (C=O) groups excluding carboxylic acids is 1. The lowest BCUT2D eigenvalue weighted by Crippen LogP contribution is -2.55. The predicted octanol–water partition coefficient (Wildman–Crippen LogP) is 5.09. The highest BCUT2D eigenvalue weighted by Crippen LogP contribution is 2.38. The third-order valence-electron chi connectivity index (χ3n) is 8.64. The van der Waals surface area contributed by atoms with Gasteiger partial charge in [0.15, 0.2) is 11.6 Å². The number of phenolic OH excluding ortho intramolecular Hbond substituents is 1. The molecule has 0 radical (unpaired) electrons. The van der Waals surface area contributed by atoms with Gasteiger partial charge in [0, 0.05) is 48.9 Å². The molecule has 0 saturated carbocycles. The van der Waals surface area contributed by atoms with Gasteiger partial charge in [-0.2, -0.15) is 15.2 Å². The molecular formula is C34H32F3N7O3. The van der Waals surface area contributed by atoms with Crippen molar-refractivity contribution in [2.24, 2.45) is 0 Å². The smallest absolute Gasteiger partial charge is 0.319 e. The number of fused-ring (bicyclic) bond motifs is 1. The maximum atomic E-state index is 16.3. The zero-order valence-corrected chi connectivity index (χ0v) is 25.6. The van der Waals surface area contributed by atoms with E-state index in [9.17, 15) is 19.6 Å². The van der Waals surface area contributed by atoms with Crippen LogP contribution < -0.4 is 9.64 Å². The molecule has 47 heavy (non-hydrogen) atoms. The zero-order valence-electron chi connectivity index (χ0n) is 25.6. The van der Waals surface area contributed by atoms with Gasteiger partial charge in [-0.1, -0.05) is 18.2 Å². The molecule has 2 aromatic carbocycles. The number of ether oxygens (including phenoxy) is 1. The molecule has 0 aliphatic carbocycles. The van der Waals surface area contributed by atoms with Crippen molar-refractivity contribution in [2.75, 3.05) is 44.7 Å². The first-order valence-electron chi connectivity index (χ1n) is 15.3. The van der Waals surface area contributed by atoms with Gasteiger partial charge in [0.2, 0.25) is 0 Å². The van der Waals surface area contributed by atoms with Gasteiger partial charge >= 0.3 is 6.01 Å². The molecule has 13 heteroatoms. The number of aromatic hydroxyl groups is 1. The second-order valence-electron chi connectivity index (χ2n) is 11.6. The Morgan fingerprint density at radius 1 is 1.11 bits per heavy atom. The summed E-state index contributed by atoms with van der Waals surface area (Å²) < 4.78 is 52.2. The number of likely N-dealkylation sites (N-methyl/N-ethyl adjacent to an activating group) is 1. The Labute approximate surface area is 269 Å². The van der Waals surface area contributed by atoms with Gasteiger partial charge in [0.25, 0.3) is 5.91 Å². The van der Waals surface area contributed by atoms with E-state index in [1.54, 1.807) is 23.1 Å². The van der Waals surface area contributed by atoms with Crippen LogP contribution in [0.25, 0.3) is 28.1 Å². The highest BCUT2D eigenvalue weighted by molar-refractivity contribution is 5.96. The second kappa shape index (κ2) is 13.6. The molecule has 2 aliphatic rings. The van der Waals surface area contributed by atoms with Crippen molar-refractivity contribution in [1.82, 2.24) is 24.8 Å². The van der Waals surface area contributed by atoms with Gasteiger partial charge in [-0.25, -0.2) is 13.2 Å². The summed E-state index contributed by atoms with van der Waals surface area (Å²) in [6.07, 6.45) is 4.38. The van der Waals surface area contributed by atoms with Gasteiger partial charge in [-0.05, 0) is 56.8 Å². The van der Waals surface area contributed by atoms with Crippen LogP contribution in [0.15, 0.2) is 60.6 Å². The first-order valence-corrected chi connectivity index (χ1v) is 15.3. The number of hydrogen-bond donors (Lipinski definition) is 1. The van der Waals surface area contributed by atoms with E-state index in [4.69, 9.17) is 4.74 Å². The van der Waals surface area contributed by atoms with Gasteiger partial charge in [0.05, 0.1) is 29.8 Å². The molecule has 2 saturated heterocycles. The van der Waals surface area contributed by atoms with E-state index in [0.29, 0.717) is 0 Å². The molecule has 1 N–H and O–H groups in total. The van der Waals surface area contributed by atoms with Crippen LogP contribution in [0.1, 0.15) is 25.0 Å². The van der Waals surface area contributed by atoms with Crippen LogP contribution in [0.2, 0.25) is 0 Å². The number of nitriles is 1. The molecule has 0 unspecified atom stereocenters. The fourth-order valence-corrected chi connectivity index (χ4v) is 6.15. The number of phenols is 1. The molecule has 2 aromatic heterocycles. The number of likely N-dealkylation sites (tertiary alicyclic amines) is 1. The average molecular weight is 644 g/mol. The lowest BCUT2D eigenvalue weighted by Gasteiger charge is -2.41. The summed E-state index contributed by atoms with van der Waals surface area (Å²) in [6.45, 7) is 1.50. The number of pyridine rings is 1. The van der Waals surface area contributed by atoms with Crippen molar-refractivity contribution in [3.05, 3.63) is 77.9 Å². The van der Waals surface area contributed by atoms with Crippen molar-refractivity contribution in [1.29, 1.82) is 5.26 Å². The quantitative estimate of drug-likeness (QED) is 0.262. The van der Waals surface area contributed by atoms with E-state index < -0.39 is 35.2 Å². The first kappa shape index (κ1) is 31.7. The predicted molar refractivity (Wildman–Crippen MR) is 169 cm³/mol. The Bertz CT molecular complexity index is 1850. The van der Waals surface area contributed by atoms with Crippen molar-refractivity contribution < 1.29 is 27.8 Å². The number of carbonyl (C=O) groups is 1. The number of halogens is 3. The zero-order chi connectivity index (χ0) is 33.1. The van der Waals surface area contributed by atoms with Crippen LogP contribution in [0.3, 0.4) is 0 Å². The van der Waals surface area contributed by atoms with Crippen LogP contribution in [-0.2, 0) is 4.79 Å². The number of aromatic nitrogens is 3. The molecule has 2 atom stereocenters.